The molecule has 5 heteroatoms. The second kappa shape index (κ2) is 3.55. The van der Waals surface area contributed by atoms with Crippen LogP contribution in [-0.2, 0) is 6.54 Å². The van der Waals surface area contributed by atoms with Gasteiger partial charge in [0.15, 0.2) is 0 Å². The largest absolute Gasteiger partial charge is 0.396 e. The maximum atomic E-state index is 5.78. The minimum absolute atomic E-state index is 0.370. The van der Waals surface area contributed by atoms with E-state index in [-0.39, 0.29) is 0 Å². The van der Waals surface area contributed by atoms with Crippen molar-refractivity contribution in [3.05, 3.63) is 47.4 Å². The van der Waals surface area contributed by atoms with E-state index in [1.54, 1.807) is 12.4 Å². The van der Waals surface area contributed by atoms with Crippen molar-refractivity contribution >= 4 is 17.2 Å². The first-order chi connectivity index (χ1) is 8.25. The van der Waals surface area contributed by atoms with Crippen LogP contribution >= 0.6 is 0 Å². The lowest BCUT2D eigenvalue weighted by atomic mass is 10.0. The Hall–Kier alpha value is -2.43. The molecule has 0 saturated carbocycles. The molecule has 84 valence electrons. The van der Waals surface area contributed by atoms with Gasteiger partial charge in [0.05, 0.1) is 23.6 Å². The molecule has 0 amide bonds. The number of hydrogen-bond acceptors (Lipinski definition) is 5. The van der Waals surface area contributed by atoms with Crippen LogP contribution in [0.2, 0.25) is 0 Å². The third-order valence-corrected chi connectivity index (χ3v) is 2.76. The molecule has 0 unspecified atom stereocenters. The molecule has 0 atom stereocenters. The predicted octanol–water partition coefficient (Wildman–Crippen LogP) is 0.992. The van der Waals surface area contributed by atoms with Crippen LogP contribution in [0.1, 0.15) is 16.8 Å². The van der Waals surface area contributed by atoms with Gasteiger partial charge in [0, 0.05) is 23.5 Å². The quantitative estimate of drug-likeness (QED) is 0.757. The Kier molecular flexibility index (Phi) is 2.04. The topological polar surface area (TPSA) is 90.2 Å². The number of pyridine rings is 2. The van der Waals surface area contributed by atoms with Crippen molar-refractivity contribution in [2.24, 2.45) is 4.99 Å². The molecule has 4 N–H and O–H groups in total. The molecule has 3 heterocycles. The average molecular weight is 225 g/mol. The van der Waals surface area contributed by atoms with Crippen LogP contribution in [0.15, 0.2) is 35.6 Å². The van der Waals surface area contributed by atoms with Crippen LogP contribution in [-0.4, -0.2) is 15.7 Å². The average Bonchev–Trinajstić information content (AvgIpc) is 2.74. The number of hydrogen-bond donors (Lipinski definition) is 2. The fourth-order valence-corrected chi connectivity index (χ4v) is 1.90. The maximum absolute atomic E-state index is 5.78. The summed E-state index contributed by atoms with van der Waals surface area (Å²) in [4.78, 5) is 12.7. The minimum atomic E-state index is 0.370. The number of fused-ring (bicyclic) bond motifs is 1. The van der Waals surface area contributed by atoms with Crippen LogP contribution in [0, 0.1) is 0 Å². The highest BCUT2D eigenvalue weighted by molar-refractivity contribution is 6.15. The second-order valence-electron chi connectivity index (χ2n) is 3.86. The Morgan fingerprint density at radius 3 is 2.65 bits per heavy atom. The number of nitrogen functional groups attached to an aromatic ring is 2. The maximum Gasteiger partial charge on any atom is 0.147 e. The summed E-state index contributed by atoms with van der Waals surface area (Å²) in [5, 5.41) is 0. The summed E-state index contributed by atoms with van der Waals surface area (Å²) in [7, 11) is 0. The number of rotatable bonds is 1. The molecule has 5 nitrogen and oxygen atoms in total. The highest BCUT2D eigenvalue weighted by Gasteiger charge is 2.19. The van der Waals surface area contributed by atoms with Crippen LogP contribution in [0.25, 0.3) is 0 Å². The summed E-state index contributed by atoms with van der Waals surface area (Å²) in [6.07, 6.45) is 3.48. The van der Waals surface area contributed by atoms with E-state index in [0.29, 0.717) is 18.1 Å². The van der Waals surface area contributed by atoms with Gasteiger partial charge in [0.25, 0.3) is 0 Å². The van der Waals surface area contributed by atoms with Gasteiger partial charge in [-0.1, -0.05) is 0 Å². The third-order valence-electron chi connectivity index (χ3n) is 2.76. The molecule has 0 saturated heterocycles. The van der Waals surface area contributed by atoms with Crippen molar-refractivity contribution in [1.82, 2.24) is 9.97 Å². The Labute approximate surface area is 98.2 Å². The Balaban J connectivity index is 2.12. The van der Waals surface area contributed by atoms with Crippen molar-refractivity contribution in [3.63, 3.8) is 0 Å². The molecule has 0 aliphatic carbocycles. The van der Waals surface area contributed by atoms with E-state index in [1.165, 1.54) is 0 Å². The van der Waals surface area contributed by atoms with Crippen LogP contribution < -0.4 is 11.5 Å². The van der Waals surface area contributed by atoms with Crippen molar-refractivity contribution in [2.45, 2.75) is 6.54 Å². The van der Waals surface area contributed by atoms with Gasteiger partial charge < -0.3 is 11.5 Å². The lowest BCUT2D eigenvalue weighted by Gasteiger charge is -2.06. The van der Waals surface area contributed by atoms with Crippen LogP contribution in [0.4, 0.5) is 11.5 Å². The molecule has 0 radical (unpaired) electrons. The van der Waals surface area contributed by atoms with E-state index in [4.69, 9.17) is 11.5 Å². The summed E-state index contributed by atoms with van der Waals surface area (Å²) in [6, 6.07) is 5.67. The molecule has 17 heavy (non-hydrogen) atoms. The number of anilines is 2. The standard InChI is InChI=1S/C12H11N5/c13-9-5-8-10(17-12(9)14)6-16-11(8)7-1-3-15-4-2-7/h1-5H,6,13H2,(H2,14,17). The molecule has 0 spiro atoms. The normalized spacial score (nSPS) is 13.3. The highest BCUT2D eigenvalue weighted by atomic mass is 14.9. The zero-order valence-electron chi connectivity index (χ0n) is 9.09. The van der Waals surface area contributed by atoms with Crippen molar-refractivity contribution < 1.29 is 0 Å². The van der Waals surface area contributed by atoms with Crippen LogP contribution in [0.3, 0.4) is 0 Å². The summed E-state index contributed by atoms with van der Waals surface area (Å²) in [5.41, 5.74) is 15.7. The summed E-state index contributed by atoms with van der Waals surface area (Å²) >= 11 is 0. The lowest BCUT2D eigenvalue weighted by molar-refractivity contribution is 1.03. The zero-order valence-corrected chi connectivity index (χ0v) is 9.09. The second-order valence-corrected chi connectivity index (χ2v) is 3.86. The number of aromatic nitrogens is 2. The van der Waals surface area contributed by atoms with E-state index in [9.17, 15) is 0 Å². The molecule has 0 bridgehead atoms. The predicted molar refractivity (Wildman–Crippen MR) is 66.6 cm³/mol. The van der Waals surface area contributed by atoms with E-state index < -0.39 is 0 Å². The third kappa shape index (κ3) is 1.52. The fraction of sp³-hybridized carbons (Fsp3) is 0.0833. The van der Waals surface area contributed by atoms with Gasteiger partial charge in [-0.3, -0.25) is 9.98 Å². The molecule has 1 aliphatic rings. The molecule has 2 aromatic rings. The van der Waals surface area contributed by atoms with Gasteiger partial charge >= 0.3 is 0 Å². The number of aliphatic imine (C=N–C) groups is 1. The van der Waals surface area contributed by atoms with Crippen molar-refractivity contribution in [3.8, 4) is 0 Å². The SMILES string of the molecule is Nc1cc2c(nc1N)CN=C2c1ccncc1. The van der Waals surface area contributed by atoms with Gasteiger partial charge in [-0.2, -0.15) is 0 Å². The lowest BCUT2D eigenvalue weighted by Crippen LogP contribution is -2.06. The van der Waals surface area contributed by atoms with E-state index >= 15 is 0 Å². The van der Waals surface area contributed by atoms with Crippen LogP contribution in [0.5, 0.6) is 0 Å². The number of nitrogens with zero attached hydrogens (tertiary/aromatic N) is 3. The van der Waals surface area contributed by atoms with Crippen molar-refractivity contribution in [2.75, 3.05) is 11.5 Å². The fourth-order valence-electron chi connectivity index (χ4n) is 1.90. The Morgan fingerprint density at radius 2 is 1.88 bits per heavy atom. The molecule has 1 aliphatic heterocycles. The molecule has 0 fully saturated rings. The zero-order chi connectivity index (χ0) is 11.8. The monoisotopic (exact) mass is 225 g/mol. The molecule has 2 aromatic heterocycles. The molecular formula is C12H11N5. The van der Waals surface area contributed by atoms with Gasteiger partial charge in [-0.25, -0.2) is 4.98 Å². The van der Waals surface area contributed by atoms with Gasteiger partial charge in [0.2, 0.25) is 0 Å². The molecule has 0 aromatic carbocycles. The number of nitrogens with two attached hydrogens (primary N) is 2. The smallest absolute Gasteiger partial charge is 0.147 e. The van der Waals surface area contributed by atoms with Gasteiger partial charge in [0.1, 0.15) is 5.82 Å². The first kappa shape index (κ1) is 9.77. The highest BCUT2D eigenvalue weighted by Crippen LogP contribution is 2.25. The minimum Gasteiger partial charge on any atom is -0.396 e. The summed E-state index contributed by atoms with van der Waals surface area (Å²) in [5.74, 6) is 0.370. The van der Waals surface area contributed by atoms with Crippen molar-refractivity contribution in [1.29, 1.82) is 0 Å². The Bertz CT molecular complexity index is 604. The molecule has 3 rings (SSSR count). The first-order valence-electron chi connectivity index (χ1n) is 5.26. The summed E-state index contributed by atoms with van der Waals surface area (Å²) < 4.78 is 0. The first-order valence-corrected chi connectivity index (χ1v) is 5.26. The van der Waals surface area contributed by atoms with E-state index in [0.717, 1.165) is 22.5 Å². The Morgan fingerprint density at radius 1 is 1.12 bits per heavy atom. The van der Waals surface area contributed by atoms with Gasteiger partial charge in [-0.15, -0.1) is 0 Å². The van der Waals surface area contributed by atoms with Gasteiger partial charge in [-0.05, 0) is 18.2 Å². The molecular weight excluding hydrogens is 214 g/mol. The van der Waals surface area contributed by atoms with E-state index in [1.807, 2.05) is 18.2 Å². The summed E-state index contributed by atoms with van der Waals surface area (Å²) in [6.45, 7) is 0.553. The van der Waals surface area contributed by atoms with E-state index in [2.05, 4.69) is 15.0 Å².